The monoisotopic (exact) mass is 184 g/mol. The molecule has 13 heavy (non-hydrogen) atoms. The molecule has 0 aliphatic heterocycles. The second-order valence-corrected chi connectivity index (χ2v) is 2.71. The van der Waals surface area contributed by atoms with E-state index in [0.29, 0.717) is 6.54 Å². The number of carboxylic acids is 1. The van der Waals surface area contributed by atoms with E-state index in [1.165, 1.54) is 6.92 Å². The Kier molecular flexibility index (Phi) is 6.78. The normalized spacial score (nSPS) is 14.0. The first kappa shape index (κ1) is 11.8. The number of allylic oxidation sites excluding steroid dienone is 1. The minimum atomic E-state index is -0.943. The fourth-order valence-corrected chi connectivity index (χ4v) is 0.625. The lowest BCUT2D eigenvalue weighted by Crippen LogP contribution is -2.12. The summed E-state index contributed by atoms with van der Waals surface area (Å²) in [7, 11) is 0. The van der Waals surface area contributed by atoms with E-state index in [4.69, 9.17) is 5.11 Å². The topological polar surface area (TPSA) is 62.0 Å². The van der Waals surface area contributed by atoms with Gasteiger partial charge in [-0.05, 0) is 13.3 Å². The van der Waals surface area contributed by atoms with Crippen LogP contribution < -0.4 is 0 Å². The van der Waals surface area contributed by atoms with Crippen molar-refractivity contribution < 1.29 is 9.90 Å². The van der Waals surface area contributed by atoms with Gasteiger partial charge in [0.25, 0.3) is 0 Å². The summed E-state index contributed by atoms with van der Waals surface area (Å²) in [5.41, 5.74) is 0. The second kappa shape index (κ2) is 7.46. The number of carbonyl (C=O) groups is 1. The van der Waals surface area contributed by atoms with Crippen LogP contribution in [0.25, 0.3) is 0 Å². The standard InChI is InChI=1S/C9H16N2O2/c1-3-4-5-6-7-10-11-8(2)9(12)13/h5-6,8H,3-4,7H2,1-2H3,(H,12,13). The highest BCUT2D eigenvalue weighted by atomic mass is 16.4. The molecule has 0 aromatic heterocycles. The van der Waals surface area contributed by atoms with Crippen molar-refractivity contribution >= 4 is 5.97 Å². The van der Waals surface area contributed by atoms with Gasteiger partial charge in [0.2, 0.25) is 0 Å². The zero-order valence-electron chi connectivity index (χ0n) is 8.10. The van der Waals surface area contributed by atoms with Crippen LogP contribution in [0, 0.1) is 0 Å². The summed E-state index contributed by atoms with van der Waals surface area (Å²) in [6.07, 6.45) is 6.05. The molecule has 4 nitrogen and oxygen atoms in total. The zero-order valence-corrected chi connectivity index (χ0v) is 8.10. The SMILES string of the molecule is CCCC=CCN=NC(C)C(=O)O. The Bertz CT molecular complexity index is 200. The largest absolute Gasteiger partial charge is 0.480 e. The van der Waals surface area contributed by atoms with Crippen molar-refractivity contribution in [3.63, 3.8) is 0 Å². The third kappa shape index (κ3) is 7.18. The predicted molar refractivity (Wildman–Crippen MR) is 50.9 cm³/mol. The number of azo groups is 1. The molecule has 0 amide bonds. The second-order valence-electron chi connectivity index (χ2n) is 2.71. The predicted octanol–water partition coefficient (Wildman–Crippen LogP) is 2.27. The third-order valence-corrected chi connectivity index (χ3v) is 1.42. The molecule has 4 heteroatoms. The third-order valence-electron chi connectivity index (χ3n) is 1.42. The summed E-state index contributed by atoms with van der Waals surface area (Å²) in [6.45, 7) is 4.07. The van der Waals surface area contributed by atoms with Crippen LogP contribution in [0.2, 0.25) is 0 Å². The molecule has 1 N–H and O–H groups in total. The van der Waals surface area contributed by atoms with Crippen molar-refractivity contribution in [3.05, 3.63) is 12.2 Å². The van der Waals surface area contributed by atoms with Crippen LogP contribution in [0.1, 0.15) is 26.7 Å². The molecule has 0 aromatic carbocycles. The zero-order chi connectivity index (χ0) is 10.1. The van der Waals surface area contributed by atoms with Gasteiger partial charge in [0.15, 0.2) is 6.04 Å². The van der Waals surface area contributed by atoms with Gasteiger partial charge >= 0.3 is 5.97 Å². The van der Waals surface area contributed by atoms with Crippen LogP contribution in [-0.2, 0) is 4.79 Å². The Morgan fingerprint density at radius 1 is 1.54 bits per heavy atom. The van der Waals surface area contributed by atoms with Gasteiger partial charge in [0, 0.05) is 0 Å². The van der Waals surface area contributed by atoms with Crippen LogP contribution in [0.3, 0.4) is 0 Å². The van der Waals surface area contributed by atoms with Crippen molar-refractivity contribution in [3.8, 4) is 0 Å². The van der Waals surface area contributed by atoms with E-state index in [1.807, 2.05) is 12.2 Å². The van der Waals surface area contributed by atoms with E-state index in [0.717, 1.165) is 12.8 Å². The van der Waals surface area contributed by atoms with E-state index < -0.39 is 12.0 Å². The van der Waals surface area contributed by atoms with Gasteiger partial charge in [0.05, 0.1) is 6.54 Å². The van der Waals surface area contributed by atoms with E-state index in [-0.39, 0.29) is 0 Å². The lowest BCUT2D eigenvalue weighted by atomic mass is 10.3. The molecule has 0 saturated carbocycles. The minimum absolute atomic E-state index is 0.470. The van der Waals surface area contributed by atoms with Crippen LogP contribution >= 0.6 is 0 Å². The number of nitrogens with zero attached hydrogens (tertiary/aromatic N) is 2. The Labute approximate surface area is 78.4 Å². The first-order valence-electron chi connectivity index (χ1n) is 4.43. The smallest absolute Gasteiger partial charge is 0.330 e. The summed E-state index contributed by atoms with van der Waals surface area (Å²) < 4.78 is 0. The number of rotatable bonds is 6. The molecule has 0 bridgehead atoms. The lowest BCUT2D eigenvalue weighted by Gasteiger charge is -1.94. The Morgan fingerprint density at radius 2 is 2.23 bits per heavy atom. The Morgan fingerprint density at radius 3 is 2.77 bits per heavy atom. The molecule has 0 saturated heterocycles. The van der Waals surface area contributed by atoms with Gasteiger partial charge in [-0.15, -0.1) is 0 Å². The van der Waals surface area contributed by atoms with Crippen molar-refractivity contribution in [1.29, 1.82) is 0 Å². The fourth-order valence-electron chi connectivity index (χ4n) is 0.625. The fraction of sp³-hybridized carbons (Fsp3) is 0.667. The first-order valence-corrected chi connectivity index (χ1v) is 4.43. The Hall–Kier alpha value is -1.19. The molecule has 0 spiro atoms. The highest BCUT2D eigenvalue weighted by molar-refractivity contribution is 5.72. The van der Waals surface area contributed by atoms with Crippen molar-refractivity contribution in [2.24, 2.45) is 10.2 Å². The molecule has 0 aliphatic carbocycles. The number of carboxylic acid groups (broad SMARTS) is 1. The molecule has 0 heterocycles. The highest BCUT2D eigenvalue weighted by Gasteiger charge is 2.06. The molecular formula is C9H16N2O2. The van der Waals surface area contributed by atoms with Crippen LogP contribution in [0.15, 0.2) is 22.4 Å². The summed E-state index contributed by atoms with van der Waals surface area (Å²) in [5, 5.41) is 15.8. The van der Waals surface area contributed by atoms with Crippen molar-refractivity contribution in [1.82, 2.24) is 0 Å². The summed E-state index contributed by atoms with van der Waals surface area (Å²) in [6, 6.07) is -0.737. The molecular weight excluding hydrogens is 168 g/mol. The number of hydrogen-bond acceptors (Lipinski definition) is 3. The van der Waals surface area contributed by atoms with Gasteiger partial charge in [-0.3, -0.25) is 0 Å². The van der Waals surface area contributed by atoms with E-state index >= 15 is 0 Å². The molecule has 1 unspecified atom stereocenters. The van der Waals surface area contributed by atoms with E-state index in [2.05, 4.69) is 17.2 Å². The summed E-state index contributed by atoms with van der Waals surface area (Å²) in [4.78, 5) is 10.3. The maximum Gasteiger partial charge on any atom is 0.330 e. The first-order chi connectivity index (χ1) is 6.18. The van der Waals surface area contributed by atoms with Gasteiger partial charge in [0.1, 0.15) is 0 Å². The van der Waals surface area contributed by atoms with Crippen LogP contribution in [0.4, 0.5) is 0 Å². The minimum Gasteiger partial charge on any atom is -0.480 e. The molecule has 0 radical (unpaired) electrons. The van der Waals surface area contributed by atoms with Crippen LogP contribution in [-0.4, -0.2) is 23.7 Å². The summed E-state index contributed by atoms with van der Waals surface area (Å²) >= 11 is 0. The van der Waals surface area contributed by atoms with Gasteiger partial charge in [-0.1, -0.05) is 25.5 Å². The molecule has 1 atom stereocenters. The van der Waals surface area contributed by atoms with Gasteiger partial charge in [-0.2, -0.15) is 10.2 Å². The van der Waals surface area contributed by atoms with Gasteiger partial charge < -0.3 is 5.11 Å². The van der Waals surface area contributed by atoms with Crippen LogP contribution in [0.5, 0.6) is 0 Å². The average molecular weight is 184 g/mol. The number of aliphatic carboxylic acids is 1. The molecule has 0 aliphatic rings. The molecule has 74 valence electrons. The Balaban J connectivity index is 3.57. The average Bonchev–Trinajstić information content (AvgIpc) is 2.10. The summed E-state index contributed by atoms with van der Waals surface area (Å²) in [5.74, 6) is -0.943. The van der Waals surface area contributed by atoms with E-state index in [1.54, 1.807) is 0 Å². The molecule has 0 aromatic rings. The molecule has 0 fully saturated rings. The molecule has 0 rings (SSSR count). The highest BCUT2D eigenvalue weighted by Crippen LogP contribution is 1.92. The lowest BCUT2D eigenvalue weighted by molar-refractivity contribution is -0.138. The maximum absolute atomic E-state index is 10.3. The maximum atomic E-state index is 10.3. The van der Waals surface area contributed by atoms with Crippen molar-refractivity contribution in [2.75, 3.05) is 6.54 Å². The quantitative estimate of drug-likeness (QED) is 0.508. The van der Waals surface area contributed by atoms with Crippen molar-refractivity contribution in [2.45, 2.75) is 32.7 Å². The van der Waals surface area contributed by atoms with E-state index in [9.17, 15) is 4.79 Å². The van der Waals surface area contributed by atoms with Gasteiger partial charge in [-0.25, -0.2) is 4.79 Å². The number of unbranched alkanes of at least 4 members (excludes halogenated alkanes) is 1. The number of hydrogen-bond donors (Lipinski definition) is 1.